The fourth-order valence-electron chi connectivity index (χ4n) is 6.07. The number of hydrogen-bond donors (Lipinski definition) is 1. The van der Waals surface area contributed by atoms with Crippen molar-refractivity contribution in [3.63, 3.8) is 0 Å². The normalized spacial score (nSPS) is 30.0. The molecule has 5 heteroatoms. The highest BCUT2D eigenvalue weighted by Crippen LogP contribution is 2.61. The summed E-state index contributed by atoms with van der Waals surface area (Å²) in [6.07, 6.45) is 6.69. The van der Waals surface area contributed by atoms with E-state index in [0.717, 1.165) is 55.9 Å². The van der Waals surface area contributed by atoms with Gasteiger partial charge < -0.3 is 10.1 Å². The maximum absolute atomic E-state index is 12.9. The highest BCUT2D eigenvalue weighted by atomic mass is 35.5. The highest BCUT2D eigenvalue weighted by Gasteiger charge is 2.53. The number of nitrogens with zero attached hydrogens (tertiary/aromatic N) is 1. The summed E-state index contributed by atoms with van der Waals surface area (Å²) in [6.45, 7) is 3.20. The van der Waals surface area contributed by atoms with Crippen LogP contribution in [0, 0.1) is 11.3 Å². The Morgan fingerprint density at radius 1 is 1.06 bits per heavy atom. The first kappa shape index (κ1) is 19.6. The van der Waals surface area contributed by atoms with E-state index in [1.807, 2.05) is 18.2 Å². The van der Waals surface area contributed by atoms with E-state index in [1.54, 1.807) is 0 Å². The zero-order valence-electron chi connectivity index (χ0n) is 17.8. The van der Waals surface area contributed by atoms with E-state index < -0.39 is 0 Å². The van der Waals surface area contributed by atoms with Gasteiger partial charge in [-0.1, -0.05) is 41.9 Å². The van der Waals surface area contributed by atoms with Gasteiger partial charge in [-0.15, -0.1) is 0 Å². The second-order valence-corrected chi connectivity index (χ2v) is 10.4. The topological polar surface area (TPSA) is 41.6 Å². The van der Waals surface area contributed by atoms with E-state index in [0.29, 0.717) is 5.92 Å². The molecule has 3 aliphatic heterocycles. The number of aryl methyl sites for hydroxylation is 1. The van der Waals surface area contributed by atoms with Crippen molar-refractivity contribution >= 4 is 17.7 Å². The predicted octanol–water partition coefficient (Wildman–Crippen LogP) is 5.59. The number of nitrogens with one attached hydrogen (secondary N) is 1. The van der Waals surface area contributed by atoms with Gasteiger partial charge in [-0.25, -0.2) is 4.79 Å². The van der Waals surface area contributed by atoms with E-state index in [4.69, 9.17) is 16.3 Å². The number of hydrogen-bond acceptors (Lipinski definition) is 3. The molecule has 0 aromatic heterocycles. The molecule has 4 fully saturated rings. The Kier molecular flexibility index (Phi) is 4.77. The number of halogens is 1. The molecular formula is C26H29ClN2O2. The number of piperidine rings is 3. The average Bonchev–Trinajstić information content (AvgIpc) is 3.57. The Morgan fingerprint density at radius 3 is 2.58 bits per heavy atom. The van der Waals surface area contributed by atoms with Crippen LogP contribution in [0.4, 0.5) is 4.79 Å². The summed E-state index contributed by atoms with van der Waals surface area (Å²) in [6, 6.07) is 14.7. The monoisotopic (exact) mass is 436 g/mol. The number of carbonyl (C=O) groups excluding carboxylic acids is 1. The van der Waals surface area contributed by atoms with Crippen molar-refractivity contribution in [2.24, 2.45) is 11.3 Å². The summed E-state index contributed by atoms with van der Waals surface area (Å²) in [7, 11) is 0. The Labute approximate surface area is 188 Å². The first-order chi connectivity index (χ1) is 15.1. The molecule has 3 heterocycles. The van der Waals surface area contributed by atoms with Gasteiger partial charge >= 0.3 is 6.09 Å². The third kappa shape index (κ3) is 3.64. The van der Waals surface area contributed by atoms with Gasteiger partial charge in [0, 0.05) is 11.6 Å². The van der Waals surface area contributed by atoms with Crippen molar-refractivity contribution in [1.82, 2.24) is 10.2 Å². The average molecular weight is 437 g/mol. The quantitative estimate of drug-likeness (QED) is 0.681. The molecule has 4 nitrogen and oxygen atoms in total. The van der Waals surface area contributed by atoms with Crippen LogP contribution >= 0.6 is 11.6 Å². The molecule has 1 N–H and O–H groups in total. The summed E-state index contributed by atoms with van der Waals surface area (Å²) in [5.74, 6) is 0.532. The van der Waals surface area contributed by atoms with Crippen molar-refractivity contribution < 1.29 is 9.53 Å². The predicted molar refractivity (Wildman–Crippen MR) is 122 cm³/mol. The zero-order chi connectivity index (χ0) is 21.0. The Morgan fingerprint density at radius 2 is 1.87 bits per heavy atom. The van der Waals surface area contributed by atoms with Crippen LogP contribution in [0.2, 0.25) is 5.02 Å². The standard InChI is InChI=1S/C26H29ClN2O2/c27-21-3-1-2-18(15-21)19-4-5-22-20(14-19)6-9-26(10-11-26)24(22)28-25(30)31-23-16-29-12-7-17(23)8-13-29/h1-5,14-15,17,23-24H,6-13,16H2,(H,28,30)/t23-,24?/m0/s1. The minimum Gasteiger partial charge on any atom is -0.445 e. The van der Waals surface area contributed by atoms with Gasteiger partial charge in [0.2, 0.25) is 0 Å². The van der Waals surface area contributed by atoms with Gasteiger partial charge in [0.1, 0.15) is 6.10 Å². The Bertz CT molecular complexity index is 1010. The molecule has 7 rings (SSSR count). The van der Waals surface area contributed by atoms with Crippen molar-refractivity contribution in [3.8, 4) is 11.1 Å². The second-order valence-electron chi connectivity index (χ2n) is 9.95. The number of alkyl carbamates (subject to hydrolysis) is 1. The number of carbonyl (C=O) groups is 1. The van der Waals surface area contributed by atoms with Gasteiger partial charge in [-0.2, -0.15) is 0 Å². The Hall–Kier alpha value is -2.04. The Balaban J connectivity index is 1.22. The molecule has 2 aromatic rings. The number of amides is 1. The second kappa shape index (κ2) is 7.53. The molecule has 31 heavy (non-hydrogen) atoms. The summed E-state index contributed by atoms with van der Waals surface area (Å²) >= 11 is 6.20. The number of benzene rings is 2. The van der Waals surface area contributed by atoms with Crippen molar-refractivity contribution in [2.45, 2.75) is 50.7 Å². The van der Waals surface area contributed by atoms with Crippen LogP contribution in [0.15, 0.2) is 42.5 Å². The summed E-state index contributed by atoms with van der Waals surface area (Å²) < 4.78 is 5.96. The van der Waals surface area contributed by atoms with E-state index in [1.165, 1.54) is 29.5 Å². The molecule has 1 saturated carbocycles. The lowest BCUT2D eigenvalue weighted by molar-refractivity contribution is -0.0347. The van der Waals surface area contributed by atoms with Gasteiger partial charge in [0.05, 0.1) is 6.04 Å². The SMILES string of the molecule is O=C(NC1c2ccc(-c3cccc(Cl)c3)cc2CCC12CC2)O[C@H]1CN2CCC1CC2. The zero-order valence-corrected chi connectivity index (χ0v) is 18.5. The summed E-state index contributed by atoms with van der Waals surface area (Å²) in [5.41, 5.74) is 5.14. The fourth-order valence-corrected chi connectivity index (χ4v) is 6.26. The van der Waals surface area contributed by atoms with Crippen LogP contribution in [-0.2, 0) is 11.2 Å². The van der Waals surface area contributed by atoms with E-state index in [9.17, 15) is 4.79 Å². The molecular weight excluding hydrogens is 408 g/mol. The minimum absolute atomic E-state index is 0.0471. The minimum atomic E-state index is -0.234. The lowest BCUT2D eigenvalue weighted by Crippen LogP contribution is -2.53. The molecule has 2 aliphatic carbocycles. The third-order valence-corrected chi connectivity index (χ3v) is 8.36. The van der Waals surface area contributed by atoms with Crippen LogP contribution in [-0.4, -0.2) is 36.7 Å². The molecule has 0 radical (unpaired) electrons. The first-order valence-corrected chi connectivity index (χ1v) is 12.1. The molecule has 1 unspecified atom stereocenters. The molecule has 2 bridgehead atoms. The lowest BCUT2D eigenvalue weighted by atomic mass is 9.76. The molecule has 5 aliphatic rings. The maximum atomic E-state index is 12.9. The van der Waals surface area contributed by atoms with Crippen LogP contribution in [0.3, 0.4) is 0 Å². The lowest BCUT2D eigenvalue weighted by Gasteiger charge is -2.44. The van der Waals surface area contributed by atoms with Crippen molar-refractivity contribution in [2.75, 3.05) is 19.6 Å². The van der Waals surface area contributed by atoms with Crippen molar-refractivity contribution in [3.05, 3.63) is 58.6 Å². The van der Waals surface area contributed by atoms with Gasteiger partial charge in [0.25, 0.3) is 0 Å². The summed E-state index contributed by atoms with van der Waals surface area (Å²) in [5, 5.41) is 4.05. The fraction of sp³-hybridized carbons (Fsp3) is 0.500. The van der Waals surface area contributed by atoms with E-state index in [2.05, 4.69) is 34.5 Å². The van der Waals surface area contributed by atoms with Gasteiger partial charge in [0.15, 0.2) is 0 Å². The van der Waals surface area contributed by atoms with E-state index >= 15 is 0 Å². The number of rotatable bonds is 3. The van der Waals surface area contributed by atoms with Gasteiger partial charge in [-0.05, 0) is 97.3 Å². The van der Waals surface area contributed by atoms with E-state index in [-0.39, 0.29) is 23.7 Å². The third-order valence-electron chi connectivity index (χ3n) is 8.13. The molecule has 162 valence electrons. The number of ether oxygens (including phenoxy) is 1. The maximum Gasteiger partial charge on any atom is 0.407 e. The van der Waals surface area contributed by atoms with Crippen LogP contribution in [0.1, 0.15) is 49.3 Å². The molecule has 3 saturated heterocycles. The highest BCUT2D eigenvalue weighted by molar-refractivity contribution is 6.30. The molecule has 1 amide bonds. The molecule has 2 aromatic carbocycles. The number of fused-ring (bicyclic) bond motifs is 4. The molecule has 2 atom stereocenters. The smallest absolute Gasteiger partial charge is 0.407 e. The van der Waals surface area contributed by atoms with Crippen LogP contribution < -0.4 is 5.32 Å². The van der Waals surface area contributed by atoms with Crippen LogP contribution in [0.5, 0.6) is 0 Å². The van der Waals surface area contributed by atoms with Gasteiger partial charge in [-0.3, -0.25) is 4.90 Å². The summed E-state index contributed by atoms with van der Waals surface area (Å²) in [4.78, 5) is 15.4. The molecule has 1 spiro atoms. The largest absolute Gasteiger partial charge is 0.445 e. The van der Waals surface area contributed by atoms with Crippen LogP contribution in [0.25, 0.3) is 11.1 Å². The van der Waals surface area contributed by atoms with Crippen molar-refractivity contribution in [1.29, 1.82) is 0 Å². The first-order valence-electron chi connectivity index (χ1n) is 11.7.